The average molecular weight is 271 g/mol. The summed E-state index contributed by atoms with van der Waals surface area (Å²) in [5.74, 6) is 1.56. The minimum absolute atomic E-state index is 0.00171. The Balaban J connectivity index is 2.01. The van der Waals surface area contributed by atoms with E-state index >= 15 is 0 Å². The molecule has 1 aromatic carbocycles. The van der Waals surface area contributed by atoms with Gasteiger partial charge in [-0.1, -0.05) is 12.1 Å². The number of aliphatic hydroxyl groups excluding tert-OH is 1. The number of aryl methyl sites for hydroxylation is 2. The molecule has 0 spiro atoms. The number of fused-ring (bicyclic) bond motifs is 1. The molecule has 2 heterocycles. The summed E-state index contributed by atoms with van der Waals surface area (Å²) in [6.07, 6.45) is -0.355. The Hall–Kier alpha value is -2.07. The summed E-state index contributed by atoms with van der Waals surface area (Å²) in [5, 5.41) is 13.4. The van der Waals surface area contributed by atoms with E-state index in [4.69, 9.17) is 4.42 Å². The molecule has 0 bridgehead atoms. The number of nitrogens with one attached hydrogen (secondary N) is 1. The van der Waals surface area contributed by atoms with Crippen molar-refractivity contribution >= 4 is 11.6 Å². The van der Waals surface area contributed by atoms with E-state index in [-0.39, 0.29) is 5.91 Å². The highest BCUT2D eigenvalue weighted by molar-refractivity contribution is 5.99. The molecule has 1 unspecified atom stereocenters. The lowest BCUT2D eigenvalue weighted by Crippen LogP contribution is -2.03. The lowest BCUT2D eigenvalue weighted by molar-refractivity contribution is -0.115. The molecule has 0 radical (unpaired) electrons. The molecule has 104 valence electrons. The van der Waals surface area contributed by atoms with Gasteiger partial charge in [-0.15, -0.1) is 0 Å². The molecular weight excluding hydrogens is 254 g/mol. The summed E-state index contributed by atoms with van der Waals surface area (Å²) >= 11 is 0. The molecule has 0 saturated heterocycles. The van der Waals surface area contributed by atoms with Crippen LogP contribution < -0.4 is 5.32 Å². The van der Waals surface area contributed by atoms with E-state index in [9.17, 15) is 9.90 Å². The highest BCUT2D eigenvalue weighted by atomic mass is 16.3. The maximum atomic E-state index is 11.4. The molecule has 0 saturated carbocycles. The second-order valence-electron chi connectivity index (χ2n) is 5.30. The molecule has 2 N–H and O–H groups in total. The van der Waals surface area contributed by atoms with Crippen LogP contribution in [0.3, 0.4) is 0 Å². The van der Waals surface area contributed by atoms with E-state index in [1.165, 1.54) is 0 Å². The molecule has 3 rings (SSSR count). The van der Waals surface area contributed by atoms with E-state index in [0.717, 1.165) is 39.5 Å². The largest absolute Gasteiger partial charge is 0.466 e. The van der Waals surface area contributed by atoms with Crippen molar-refractivity contribution in [2.24, 2.45) is 0 Å². The van der Waals surface area contributed by atoms with Gasteiger partial charge in [-0.25, -0.2) is 0 Å². The van der Waals surface area contributed by atoms with E-state index in [2.05, 4.69) is 5.32 Å². The zero-order valence-corrected chi connectivity index (χ0v) is 11.8. The maximum absolute atomic E-state index is 11.4. The number of rotatable bonds is 2. The molecule has 1 atom stereocenters. The van der Waals surface area contributed by atoms with Gasteiger partial charge in [0.1, 0.15) is 17.6 Å². The van der Waals surface area contributed by atoms with Crippen molar-refractivity contribution in [3.63, 3.8) is 0 Å². The summed E-state index contributed by atoms with van der Waals surface area (Å²) in [6.45, 7) is 5.70. The number of carbonyl (C=O) groups excluding carboxylic acids is 1. The third kappa shape index (κ3) is 1.93. The lowest BCUT2D eigenvalue weighted by Gasteiger charge is -2.13. The fourth-order valence-corrected chi connectivity index (χ4v) is 2.80. The third-order valence-electron chi connectivity index (χ3n) is 3.96. The predicted molar refractivity (Wildman–Crippen MR) is 75.8 cm³/mol. The smallest absolute Gasteiger partial charge is 0.228 e. The van der Waals surface area contributed by atoms with Gasteiger partial charge in [-0.3, -0.25) is 4.79 Å². The van der Waals surface area contributed by atoms with Crippen LogP contribution in [-0.4, -0.2) is 11.0 Å². The molecule has 4 nitrogen and oxygen atoms in total. The van der Waals surface area contributed by atoms with Crippen LogP contribution in [0.4, 0.5) is 5.69 Å². The average Bonchev–Trinajstić information content (AvgIpc) is 2.87. The fraction of sp³-hybridized carbons (Fsp3) is 0.312. The van der Waals surface area contributed by atoms with Crippen LogP contribution in [0.2, 0.25) is 0 Å². The number of carbonyl (C=O) groups is 1. The van der Waals surface area contributed by atoms with Crippen LogP contribution in [0.25, 0.3) is 0 Å². The van der Waals surface area contributed by atoms with E-state index < -0.39 is 6.10 Å². The molecule has 0 aliphatic carbocycles. The SMILES string of the molecule is Cc1oc(C)c(C(O)c2ccc3c(c2)CC(=O)N3)c1C. The van der Waals surface area contributed by atoms with Crippen LogP contribution in [-0.2, 0) is 11.2 Å². The van der Waals surface area contributed by atoms with Gasteiger partial charge in [0, 0.05) is 11.3 Å². The van der Waals surface area contributed by atoms with Gasteiger partial charge in [0.2, 0.25) is 5.91 Å². The van der Waals surface area contributed by atoms with Crippen molar-refractivity contribution in [2.75, 3.05) is 5.32 Å². The Morgan fingerprint density at radius 1 is 1.25 bits per heavy atom. The first kappa shape index (κ1) is 12.9. The Bertz CT molecular complexity index is 700. The Labute approximate surface area is 117 Å². The van der Waals surface area contributed by atoms with Crippen LogP contribution in [0.15, 0.2) is 22.6 Å². The molecule has 1 amide bonds. The minimum atomic E-state index is -0.728. The second-order valence-corrected chi connectivity index (χ2v) is 5.30. The van der Waals surface area contributed by atoms with E-state index in [1.54, 1.807) is 0 Å². The van der Waals surface area contributed by atoms with Gasteiger partial charge in [-0.05, 0) is 43.5 Å². The number of anilines is 1. The quantitative estimate of drug-likeness (QED) is 0.882. The minimum Gasteiger partial charge on any atom is -0.466 e. The number of aliphatic hydroxyl groups is 1. The first-order chi connectivity index (χ1) is 9.47. The van der Waals surface area contributed by atoms with Crippen LogP contribution in [0, 0.1) is 20.8 Å². The molecule has 1 aromatic heterocycles. The molecular formula is C16H17NO3. The molecule has 1 aliphatic heterocycles. The van der Waals surface area contributed by atoms with Gasteiger partial charge in [0.05, 0.1) is 6.42 Å². The van der Waals surface area contributed by atoms with Crippen molar-refractivity contribution in [3.05, 3.63) is 52.0 Å². The second kappa shape index (κ2) is 4.49. The van der Waals surface area contributed by atoms with Crippen molar-refractivity contribution in [1.29, 1.82) is 0 Å². The molecule has 1 aliphatic rings. The van der Waals surface area contributed by atoms with Crippen molar-refractivity contribution in [2.45, 2.75) is 33.3 Å². The van der Waals surface area contributed by atoms with Gasteiger partial charge < -0.3 is 14.8 Å². The highest BCUT2D eigenvalue weighted by Crippen LogP contribution is 2.34. The van der Waals surface area contributed by atoms with Gasteiger partial charge in [0.15, 0.2) is 0 Å². The van der Waals surface area contributed by atoms with Crippen molar-refractivity contribution < 1.29 is 14.3 Å². The number of furan rings is 1. The Morgan fingerprint density at radius 2 is 2.00 bits per heavy atom. The first-order valence-electron chi connectivity index (χ1n) is 6.64. The van der Waals surface area contributed by atoms with Gasteiger partial charge >= 0.3 is 0 Å². The number of hydrogen-bond donors (Lipinski definition) is 2. The number of hydrogen-bond acceptors (Lipinski definition) is 3. The first-order valence-corrected chi connectivity index (χ1v) is 6.64. The van der Waals surface area contributed by atoms with Crippen LogP contribution in [0.5, 0.6) is 0 Å². The van der Waals surface area contributed by atoms with Gasteiger partial charge in [-0.2, -0.15) is 0 Å². The Kier molecular flexibility index (Phi) is 2.91. The highest BCUT2D eigenvalue weighted by Gasteiger charge is 2.23. The Morgan fingerprint density at radius 3 is 2.65 bits per heavy atom. The standard InChI is InChI=1S/C16H17NO3/c1-8-9(2)20-10(3)15(8)16(19)11-4-5-13-12(6-11)7-14(18)17-13/h4-6,16,19H,7H2,1-3H3,(H,17,18). The number of amides is 1. The van der Waals surface area contributed by atoms with Crippen molar-refractivity contribution in [1.82, 2.24) is 0 Å². The predicted octanol–water partition coefficient (Wildman–Crippen LogP) is 2.78. The maximum Gasteiger partial charge on any atom is 0.228 e. The molecule has 2 aromatic rings. The van der Waals surface area contributed by atoms with Gasteiger partial charge in [0.25, 0.3) is 0 Å². The van der Waals surface area contributed by atoms with E-state index in [1.807, 2.05) is 39.0 Å². The zero-order chi connectivity index (χ0) is 14.4. The summed E-state index contributed by atoms with van der Waals surface area (Å²) in [7, 11) is 0. The van der Waals surface area contributed by atoms with Crippen LogP contribution >= 0.6 is 0 Å². The zero-order valence-electron chi connectivity index (χ0n) is 11.8. The molecule has 4 heteroatoms. The molecule has 0 fully saturated rings. The summed E-state index contributed by atoms with van der Waals surface area (Å²) in [5.41, 5.74) is 4.35. The number of benzene rings is 1. The van der Waals surface area contributed by atoms with E-state index in [0.29, 0.717) is 6.42 Å². The fourth-order valence-electron chi connectivity index (χ4n) is 2.80. The summed E-state index contributed by atoms with van der Waals surface area (Å²) in [6, 6.07) is 5.58. The van der Waals surface area contributed by atoms with Crippen molar-refractivity contribution in [3.8, 4) is 0 Å². The topological polar surface area (TPSA) is 62.5 Å². The summed E-state index contributed by atoms with van der Waals surface area (Å²) in [4.78, 5) is 11.4. The monoisotopic (exact) mass is 271 g/mol. The summed E-state index contributed by atoms with van der Waals surface area (Å²) < 4.78 is 5.57. The normalized spacial score (nSPS) is 15.1. The lowest BCUT2D eigenvalue weighted by atomic mass is 9.96. The molecule has 20 heavy (non-hydrogen) atoms. The third-order valence-corrected chi connectivity index (χ3v) is 3.96. The van der Waals surface area contributed by atoms with Crippen LogP contribution in [0.1, 0.15) is 39.9 Å².